The molecule has 3 unspecified atom stereocenters. The first-order valence-electron chi connectivity index (χ1n) is 14.2. The van der Waals surface area contributed by atoms with Crippen LogP contribution in [-0.2, 0) is 24.2 Å². The summed E-state index contributed by atoms with van der Waals surface area (Å²) in [5.41, 5.74) is 4.99. The lowest BCUT2D eigenvalue weighted by atomic mass is 9.92. The highest BCUT2D eigenvalue weighted by atomic mass is 32.2. The number of aliphatic carboxylic acids is 1. The van der Waals surface area contributed by atoms with E-state index in [1.165, 1.54) is 44.4 Å². The van der Waals surface area contributed by atoms with Crippen molar-refractivity contribution in [2.45, 2.75) is 30.3 Å². The van der Waals surface area contributed by atoms with Crippen LogP contribution < -0.4 is 21.1 Å². The van der Waals surface area contributed by atoms with Crippen LogP contribution in [0.15, 0.2) is 59.5 Å². The molecule has 0 spiro atoms. The third kappa shape index (κ3) is 7.27. The molecule has 47 heavy (non-hydrogen) atoms. The van der Waals surface area contributed by atoms with Crippen LogP contribution in [-0.4, -0.2) is 68.8 Å². The highest BCUT2D eigenvalue weighted by Crippen LogP contribution is 2.43. The second-order valence-corrected chi connectivity index (χ2v) is 12.8. The number of carboxylic acid groups (broad SMARTS) is 1. The van der Waals surface area contributed by atoms with Gasteiger partial charge >= 0.3 is 12.1 Å². The van der Waals surface area contributed by atoms with E-state index >= 15 is 4.39 Å². The van der Waals surface area contributed by atoms with E-state index in [0.717, 1.165) is 36.3 Å². The molecule has 4 rings (SSSR count). The summed E-state index contributed by atoms with van der Waals surface area (Å²) in [7, 11) is -1.70. The van der Waals surface area contributed by atoms with Gasteiger partial charge in [0, 0.05) is 17.8 Å². The highest BCUT2D eigenvalue weighted by molar-refractivity contribution is 7.91. The number of carbonyl (C=O) groups is 4. The first-order valence-corrected chi connectivity index (χ1v) is 15.8. The molecular weight excluding hydrogens is 642 g/mol. The summed E-state index contributed by atoms with van der Waals surface area (Å²) in [6, 6.07) is 7.42. The van der Waals surface area contributed by atoms with Gasteiger partial charge in [-0.15, -0.1) is 0 Å². The normalized spacial score (nSPS) is 16.7. The van der Waals surface area contributed by atoms with Crippen LogP contribution in [0, 0.1) is 17.6 Å². The molecule has 0 bridgehead atoms. The van der Waals surface area contributed by atoms with E-state index in [-0.39, 0.29) is 57.4 Å². The largest absolute Gasteiger partial charge is 0.494 e. The molecule has 0 aromatic heterocycles. The lowest BCUT2D eigenvalue weighted by Gasteiger charge is -2.33. The number of likely N-dealkylation sites (tertiary alicyclic amines) is 1. The fourth-order valence-electron chi connectivity index (χ4n) is 5.40. The van der Waals surface area contributed by atoms with Gasteiger partial charge < -0.3 is 30.5 Å². The van der Waals surface area contributed by atoms with Crippen LogP contribution in [0.25, 0.3) is 0 Å². The Morgan fingerprint density at radius 3 is 2.36 bits per heavy atom. The Morgan fingerprint density at radius 2 is 1.74 bits per heavy atom. The number of sulfone groups is 1. The fraction of sp³-hybridized carbons (Fsp3) is 0.290. The maximum Gasteiger partial charge on any atom is 0.411 e. The summed E-state index contributed by atoms with van der Waals surface area (Å²) in [5, 5.41) is 15.4. The molecule has 5 N–H and O–H groups in total. The number of halogens is 2. The van der Waals surface area contributed by atoms with E-state index in [4.69, 9.17) is 10.5 Å². The minimum atomic E-state index is -4.01. The van der Waals surface area contributed by atoms with Gasteiger partial charge in [-0.05, 0) is 66.1 Å². The molecule has 1 saturated heterocycles. The smallest absolute Gasteiger partial charge is 0.411 e. The average Bonchev–Trinajstić information content (AvgIpc) is 3.50. The molecule has 250 valence electrons. The van der Waals surface area contributed by atoms with Crippen molar-refractivity contribution in [1.29, 1.82) is 0 Å². The minimum Gasteiger partial charge on any atom is -0.494 e. The van der Waals surface area contributed by atoms with Gasteiger partial charge in [0.15, 0.2) is 21.4 Å². The van der Waals surface area contributed by atoms with Crippen molar-refractivity contribution in [3.05, 3.63) is 82.9 Å². The quantitative estimate of drug-likeness (QED) is 0.232. The molecule has 1 fully saturated rings. The first-order chi connectivity index (χ1) is 22.2. The summed E-state index contributed by atoms with van der Waals surface area (Å²) >= 11 is 0. The zero-order valence-corrected chi connectivity index (χ0v) is 26.3. The number of nitrogens with zero attached hydrogens (tertiary/aromatic N) is 1. The number of carboxylic acids is 1. The molecular formula is C31H32F2N4O9S. The van der Waals surface area contributed by atoms with Crippen LogP contribution in [0.5, 0.6) is 5.75 Å². The van der Waals surface area contributed by atoms with Crippen molar-refractivity contribution in [3.8, 4) is 5.75 Å². The molecule has 13 nitrogen and oxygen atoms in total. The number of ether oxygens (including phenoxy) is 2. The van der Waals surface area contributed by atoms with E-state index < -0.39 is 63.4 Å². The summed E-state index contributed by atoms with van der Waals surface area (Å²) < 4.78 is 65.7. The predicted octanol–water partition coefficient (Wildman–Crippen LogP) is 3.87. The number of hydrogen-bond donors (Lipinski definition) is 4. The Balaban J connectivity index is 1.92. The maximum atomic E-state index is 15.1. The summed E-state index contributed by atoms with van der Waals surface area (Å²) in [6.45, 7) is 1.21. The fourth-order valence-corrected chi connectivity index (χ4v) is 6.53. The molecule has 0 saturated carbocycles. The number of anilines is 2. The van der Waals surface area contributed by atoms with Gasteiger partial charge in [-0.3, -0.25) is 19.7 Å². The molecule has 3 aromatic carbocycles. The van der Waals surface area contributed by atoms with Crippen LogP contribution in [0.1, 0.15) is 46.9 Å². The van der Waals surface area contributed by atoms with E-state index in [1.54, 1.807) is 0 Å². The van der Waals surface area contributed by atoms with Gasteiger partial charge in [-0.25, -0.2) is 22.0 Å². The first kappa shape index (κ1) is 34.6. The Morgan fingerprint density at radius 1 is 1.04 bits per heavy atom. The zero-order valence-electron chi connectivity index (χ0n) is 25.5. The minimum absolute atomic E-state index is 0.0635. The topological polar surface area (TPSA) is 194 Å². The lowest BCUT2D eigenvalue weighted by molar-refractivity contribution is -0.143. The highest BCUT2D eigenvalue weighted by Gasteiger charge is 2.46. The molecule has 1 aliphatic rings. The van der Waals surface area contributed by atoms with Gasteiger partial charge in [0.2, 0.25) is 11.8 Å². The number of methoxy groups -OCH3 is 2. The van der Waals surface area contributed by atoms with Gasteiger partial charge in [0.1, 0.15) is 11.9 Å². The molecule has 0 radical (unpaired) electrons. The molecule has 16 heteroatoms. The van der Waals surface area contributed by atoms with Crippen LogP contribution in [0.3, 0.4) is 0 Å². The van der Waals surface area contributed by atoms with Crippen LogP contribution in [0.4, 0.5) is 25.0 Å². The predicted molar refractivity (Wildman–Crippen MR) is 165 cm³/mol. The van der Waals surface area contributed by atoms with Gasteiger partial charge in [0.25, 0.3) is 0 Å². The summed E-state index contributed by atoms with van der Waals surface area (Å²) in [6.07, 6.45) is -0.984. The molecule has 3 atom stereocenters. The van der Waals surface area contributed by atoms with E-state index in [2.05, 4.69) is 15.4 Å². The molecule has 1 aliphatic heterocycles. The number of nitrogens with two attached hydrogens (primary N) is 1. The number of nitrogens with one attached hydrogen (secondary N) is 2. The monoisotopic (exact) mass is 674 g/mol. The molecule has 3 amide bonds. The number of rotatable bonds is 11. The maximum absolute atomic E-state index is 15.1. The zero-order chi connectivity index (χ0) is 34.6. The van der Waals surface area contributed by atoms with Gasteiger partial charge in [-0.1, -0.05) is 13.0 Å². The van der Waals surface area contributed by atoms with E-state index in [9.17, 15) is 37.1 Å². The number of carbonyl (C=O) groups excluding carboxylic acids is 3. The van der Waals surface area contributed by atoms with Crippen LogP contribution in [0.2, 0.25) is 0 Å². The number of benzene rings is 3. The average molecular weight is 675 g/mol. The second-order valence-electron chi connectivity index (χ2n) is 10.5. The van der Waals surface area contributed by atoms with Crippen molar-refractivity contribution in [1.82, 2.24) is 4.90 Å². The van der Waals surface area contributed by atoms with Crippen molar-refractivity contribution in [2.24, 2.45) is 11.7 Å². The van der Waals surface area contributed by atoms with Crippen molar-refractivity contribution in [2.75, 3.05) is 37.2 Å². The van der Waals surface area contributed by atoms with Crippen LogP contribution >= 0.6 is 0 Å². The van der Waals surface area contributed by atoms with Crippen molar-refractivity contribution < 1.29 is 51.0 Å². The molecule has 3 aromatic rings. The number of hydrogen-bond acceptors (Lipinski definition) is 9. The Kier molecular flexibility index (Phi) is 10.3. The third-order valence-electron chi connectivity index (χ3n) is 7.78. The summed E-state index contributed by atoms with van der Waals surface area (Å²) in [5.74, 6) is -6.62. The standard InChI is InChI=1S/C31H32F2N4O9S/c1-4-47(43,44)25-10-7-18(35-31(42)46-3)15-20(25)27-19(30(40)41)11-12-37(27)29(39)26(16-5-9-22(33)24(14-16)45-2)36-23-13-17(28(34)38)6-8-21(23)32/h5-10,13-15,19,26-27,36H,4,11-12H2,1-3H3,(H2,34,38)(H,35,42)(H,40,41). The molecule has 1 heterocycles. The number of amides is 3. The molecule has 0 aliphatic carbocycles. The van der Waals surface area contributed by atoms with E-state index in [1.807, 2.05) is 0 Å². The number of primary amides is 1. The van der Waals surface area contributed by atoms with E-state index in [0.29, 0.717) is 0 Å². The SMILES string of the molecule is CCS(=O)(=O)c1ccc(NC(=O)OC)cc1C1C(C(=O)O)CCN1C(=O)C(Nc1cc(C(N)=O)ccc1F)c1ccc(F)c(OC)c1. The van der Waals surface area contributed by atoms with Gasteiger partial charge in [-0.2, -0.15) is 0 Å². The van der Waals surface area contributed by atoms with Crippen molar-refractivity contribution >= 4 is 45.1 Å². The Bertz CT molecular complexity index is 1840. The van der Waals surface area contributed by atoms with Crippen molar-refractivity contribution in [3.63, 3.8) is 0 Å². The summed E-state index contributed by atoms with van der Waals surface area (Å²) in [4.78, 5) is 51.8. The van der Waals surface area contributed by atoms with Gasteiger partial charge in [0.05, 0.1) is 42.5 Å². The Hall–Kier alpha value is -5.25. The second kappa shape index (κ2) is 14.0. The third-order valence-corrected chi connectivity index (χ3v) is 9.58. The Labute approximate surface area is 268 Å². The lowest BCUT2D eigenvalue weighted by Crippen LogP contribution is -2.40.